The number of benzene rings is 1. The average Bonchev–Trinajstić information content (AvgIpc) is 2.94. The molecule has 0 aliphatic heterocycles. The molecule has 0 saturated carbocycles. The van der Waals surface area contributed by atoms with Crippen LogP contribution < -0.4 is 10.9 Å². The number of aromatic nitrogens is 3. The van der Waals surface area contributed by atoms with Crippen molar-refractivity contribution in [2.24, 2.45) is 0 Å². The molecule has 2 heterocycles. The van der Waals surface area contributed by atoms with Crippen molar-refractivity contribution in [2.45, 2.75) is 13.5 Å². The average molecular weight is 330 g/mol. The molecule has 1 amide bonds. The Morgan fingerprint density at radius 3 is 3.00 bits per heavy atom. The van der Waals surface area contributed by atoms with Crippen LogP contribution in [-0.2, 0) is 11.3 Å². The molecule has 0 aliphatic rings. The SMILES string of the molecule is COCc1nn2c(=O)c(NC(=O)c3cccc(C)c3)cnc2s1. The summed E-state index contributed by atoms with van der Waals surface area (Å²) in [6.45, 7) is 2.20. The van der Waals surface area contributed by atoms with Gasteiger partial charge >= 0.3 is 0 Å². The minimum atomic E-state index is -0.422. The fourth-order valence-electron chi connectivity index (χ4n) is 2.07. The monoisotopic (exact) mass is 330 g/mol. The number of nitrogens with zero attached hydrogens (tertiary/aromatic N) is 3. The number of amides is 1. The van der Waals surface area contributed by atoms with Crippen LogP contribution in [0.4, 0.5) is 5.69 Å². The molecule has 1 N–H and O–H groups in total. The first-order chi connectivity index (χ1) is 11.1. The number of carbonyl (C=O) groups excluding carboxylic acids is 1. The molecule has 118 valence electrons. The number of methoxy groups -OCH3 is 1. The minimum absolute atomic E-state index is 0.0864. The summed E-state index contributed by atoms with van der Waals surface area (Å²) in [4.78, 5) is 29.2. The highest BCUT2D eigenvalue weighted by molar-refractivity contribution is 7.16. The van der Waals surface area contributed by atoms with Crippen molar-refractivity contribution in [3.8, 4) is 0 Å². The van der Waals surface area contributed by atoms with Crippen molar-refractivity contribution in [3.63, 3.8) is 0 Å². The summed E-state index contributed by atoms with van der Waals surface area (Å²) >= 11 is 1.26. The first-order valence-electron chi connectivity index (χ1n) is 6.83. The van der Waals surface area contributed by atoms with Gasteiger partial charge in [0, 0.05) is 12.7 Å². The smallest absolute Gasteiger partial charge is 0.298 e. The van der Waals surface area contributed by atoms with Crippen LogP contribution in [0.25, 0.3) is 4.96 Å². The molecule has 0 fully saturated rings. The van der Waals surface area contributed by atoms with Crippen molar-refractivity contribution in [1.82, 2.24) is 14.6 Å². The van der Waals surface area contributed by atoms with Gasteiger partial charge in [-0.15, -0.1) is 0 Å². The lowest BCUT2D eigenvalue weighted by atomic mass is 10.1. The number of fused-ring (bicyclic) bond motifs is 1. The van der Waals surface area contributed by atoms with E-state index >= 15 is 0 Å². The predicted molar refractivity (Wildman–Crippen MR) is 87.0 cm³/mol. The first kappa shape index (κ1) is 15.3. The van der Waals surface area contributed by atoms with Crippen LogP contribution in [-0.4, -0.2) is 27.6 Å². The Bertz CT molecular complexity index is 932. The van der Waals surface area contributed by atoms with Crippen LogP contribution in [0.2, 0.25) is 0 Å². The van der Waals surface area contributed by atoms with E-state index in [2.05, 4.69) is 15.4 Å². The Labute approximate surface area is 135 Å². The summed E-state index contributed by atoms with van der Waals surface area (Å²) in [6.07, 6.45) is 1.35. The summed E-state index contributed by atoms with van der Waals surface area (Å²) in [6, 6.07) is 7.12. The van der Waals surface area contributed by atoms with Crippen LogP contribution >= 0.6 is 11.3 Å². The standard InChI is InChI=1S/C15H14N4O3S/c1-9-4-3-5-10(6-9)13(20)17-11-7-16-15-19(14(11)21)18-12(23-15)8-22-2/h3-7H,8H2,1-2H3,(H,17,20). The van der Waals surface area contributed by atoms with E-state index in [1.54, 1.807) is 25.3 Å². The summed E-state index contributed by atoms with van der Waals surface area (Å²) in [5.41, 5.74) is 1.11. The van der Waals surface area contributed by atoms with Gasteiger partial charge in [0.15, 0.2) is 0 Å². The number of rotatable bonds is 4. The third-order valence-electron chi connectivity index (χ3n) is 3.12. The van der Waals surface area contributed by atoms with E-state index in [0.717, 1.165) is 5.56 Å². The summed E-state index contributed by atoms with van der Waals surface area (Å²) in [5, 5.41) is 7.36. The number of hydrogen-bond acceptors (Lipinski definition) is 6. The van der Waals surface area contributed by atoms with Crippen molar-refractivity contribution in [2.75, 3.05) is 12.4 Å². The van der Waals surface area contributed by atoms with Crippen molar-refractivity contribution < 1.29 is 9.53 Å². The summed E-state index contributed by atoms with van der Waals surface area (Å²) in [5.74, 6) is -0.361. The Balaban J connectivity index is 1.92. The van der Waals surface area contributed by atoms with Gasteiger partial charge in [-0.1, -0.05) is 29.0 Å². The van der Waals surface area contributed by atoms with Crippen molar-refractivity contribution in [3.05, 3.63) is 57.0 Å². The Hall–Kier alpha value is -2.58. The molecule has 0 atom stereocenters. The van der Waals surface area contributed by atoms with E-state index in [-0.39, 0.29) is 11.6 Å². The van der Waals surface area contributed by atoms with Gasteiger partial charge in [-0.05, 0) is 19.1 Å². The molecular formula is C15H14N4O3S. The maximum Gasteiger partial charge on any atom is 0.298 e. The van der Waals surface area contributed by atoms with E-state index in [1.165, 1.54) is 22.0 Å². The molecule has 0 radical (unpaired) electrons. The van der Waals surface area contributed by atoms with Crippen LogP contribution in [0.1, 0.15) is 20.9 Å². The quantitative estimate of drug-likeness (QED) is 0.789. The number of nitrogens with one attached hydrogen (secondary N) is 1. The molecule has 0 bridgehead atoms. The Kier molecular flexibility index (Phi) is 4.18. The number of ether oxygens (including phenoxy) is 1. The highest BCUT2D eigenvalue weighted by atomic mass is 32.1. The summed E-state index contributed by atoms with van der Waals surface area (Å²) in [7, 11) is 1.55. The van der Waals surface area contributed by atoms with Gasteiger partial charge in [-0.3, -0.25) is 9.59 Å². The molecule has 1 aromatic carbocycles. The van der Waals surface area contributed by atoms with Gasteiger partial charge < -0.3 is 10.1 Å². The molecule has 0 unspecified atom stereocenters. The molecule has 0 aliphatic carbocycles. The van der Waals surface area contributed by atoms with E-state index < -0.39 is 5.56 Å². The first-order valence-corrected chi connectivity index (χ1v) is 7.65. The fourth-order valence-corrected chi connectivity index (χ4v) is 2.90. The fraction of sp³-hybridized carbons (Fsp3) is 0.200. The third kappa shape index (κ3) is 3.13. The lowest BCUT2D eigenvalue weighted by molar-refractivity contribution is 0.102. The molecular weight excluding hydrogens is 316 g/mol. The lowest BCUT2D eigenvalue weighted by Gasteiger charge is -2.04. The minimum Gasteiger partial charge on any atom is -0.377 e. The number of hydrogen-bond donors (Lipinski definition) is 1. The zero-order valence-electron chi connectivity index (χ0n) is 12.6. The van der Waals surface area contributed by atoms with Crippen LogP contribution in [0.15, 0.2) is 35.3 Å². The maximum absolute atomic E-state index is 12.4. The normalized spacial score (nSPS) is 10.9. The van der Waals surface area contributed by atoms with Gasteiger partial charge in [-0.2, -0.15) is 9.61 Å². The molecule has 0 spiro atoms. The van der Waals surface area contributed by atoms with Crippen molar-refractivity contribution in [1.29, 1.82) is 0 Å². The number of carbonyl (C=O) groups is 1. The number of aryl methyl sites for hydroxylation is 1. The second-order valence-electron chi connectivity index (χ2n) is 4.92. The van der Waals surface area contributed by atoms with Gasteiger partial charge in [-0.25, -0.2) is 4.98 Å². The molecule has 2 aromatic heterocycles. The van der Waals surface area contributed by atoms with Gasteiger partial charge in [0.25, 0.3) is 11.5 Å². The molecule has 7 nitrogen and oxygen atoms in total. The largest absolute Gasteiger partial charge is 0.377 e. The molecule has 0 saturated heterocycles. The van der Waals surface area contributed by atoms with Crippen LogP contribution in [0.5, 0.6) is 0 Å². The zero-order chi connectivity index (χ0) is 16.4. The van der Waals surface area contributed by atoms with E-state index in [1.807, 2.05) is 13.0 Å². The highest BCUT2D eigenvalue weighted by Gasteiger charge is 2.13. The zero-order valence-corrected chi connectivity index (χ0v) is 13.4. The van der Waals surface area contributed by atoms with Crippen LogP contribution in [0, 0.1) is 6.92 Å². The third-order valence-corrected chi connectivity index (χ3v) is 4.02. The van der Waals surface area contributed by atoms with Gasteiger partial charge in [0.2, 0.25) is 4.96 Å². The Morgan fingerprint density at radius 1 is 1.43 bits per heavy atom. The van der Waals surface area contributed by atoms with Gasteiger partial charge in [0.05, 0.1) is 12.8 Å². The second-order valence-corrected chi connectivity index (χ2v) is 5.96. The summed E-state index contributed by atoms with van der Waals surface area (Å²) < 4.78 is 6.17. The molecule has 23 heavy (non-hydrogen) atoms. The molecule has 3 aromatic rings. The second kappa shape index (κ2) is 6.27. The van der Waals surface area contributed by atoms with E-state index in [9.17, 15) is 9.59 Å². The lowest BCUT2D eigenvalue weighted by Crippen LogP contribution is -2.23. The maximum atomic E-state index is 12.4. The highest BCUT2D eigenvalue weighted by Crippen LogP contribution is 2.13. The molecule has 3 rings (SSSR count). The molecule has 8 heteroatoms. The van der Waals surface area contributed by atoms with Crippen molar-refractivity contribution >= 4 is 27.9 Å². The number of anilines is 1. The Morgan fingerprint density at radius 2 is 2.26 bits per heavy atom. The van der Waals surface area contributed by atoms with Crippen LogP contribution in [0.3, 0.4) is 0 Å². The van der Waals surface area contributed by atoms with E-state index in [0.29, 0.717) is 22.1 Å². The van der Waals surface area contributed by atoms with Gasteiger partial charge in [0.1, 0.15) is 10.7 Å². The topological polar surface area (TPSA) is 85.6 Å². The predicted octanol–water partition coefficient (Wildman–Crippen LogP) is 1.86. The van der Waals surface area contributed by atoms with E-state index in [4.69, 9.17) is 4.74 Å².